The molecule has 10 nitrogen and oxygen atoms in total. The predicted molar refractivity (Wildman–Crippen MR) is 198 cm³/mol. The van der Waals surface area contributed by atoms with Crippen LogP contribution in [0.5, 0.6) is 17.2 Å². The number of esters is 2. The van der Waals surface area contributed by atoms with Crippen LogP contribution >= 0.6 is 56.5 Å². The molecule has 4 aromatic rings. The lowest BCUT2D eigenvalue weighted by Crippen LogP contribution is -2.40. The van der Waals surface area contributed by atoms with Crippen molar-refractivity contribution in [1.82, 2.24) is 4.57 Å². The van der Waals surface area contributed by atoms with Gasteiger partial charge in [-0.2, -0.15) is 0 Å². The van der Waals surface area contributed by atoms with E-state index in [4.69, 9.17) is 18.9 Å². The van der Waals surface area contributed by atoms with Gasteiger partial charge in [0.2, 0.25) is 0 Å². The van der Waals surface area contributed by atoms with Gasteiger partial charge >= 0.3 is 11.9 Å². The van der Waals surface area contributed by atoms with E-state index < -0.39 is 18.0 Å². The Labute approximate surface area is 308 Å². The van der Waals surface area contributed by atoms with Gasteiger partial charge in [0.25, 0.3) is 5.56 Å². The maximum atomic E-state index is 14.1. The second-order valence-corrected chi connectivity index (χ2v) is 13.8. The van der Waals surface area contributed by atoms with Crippen LogP contribution in [-0.4, -0.2) is 43.4 Å². The van der Waals surface area contributed by atoms with Gasteiger partial charge in [-0.3, -0.25) is 9.36 Å². The number of methoxy groups -OCH3 is 1. The van der Waals surface area contributed by atoms with Crippen LogP contribution < -0.4 is 29.1 Å². The summed E-state index contributed by atoms with van der Waals surface area (Å²) in [6, 6.07) is 18.1. The Kier molecular flexibility index (Phi) is 12.0. The number of nitrogens with zero attached hydrogens (tertiary/aromatic N) is 2. The van der Waals surface area contributed by atoms with E-state index in [1.165, 1.54) is 23.0 Å². The van der Waals surface area contributed by atoms with Crippen molar-refractivity contribution in [2.45, 2.75) is 33.4 Å². The van der Waals surface area contributed by atoms with Crippen molar-refractivity contribution in [3.63, 3.8) is 0 Å². The largest absolute Gasteiger partial charge is 0.490 e. The number of ether oxygens (including phenoxy) is 5. The Bertz CT molecular complexity index is 2050. The number of thiazole rings is 1. The lowest BCUT2D eigenvalue weighted by molar-refractivity contribution is -0.143. The van der Waals surface area contributed by atoms with Gasteiger partial charge in [-0.05, 0) is 125 Å². The molecule has 0 bridgehead atoms. The van der Waals surface area contributed by atoms with Crippen molar-refractivity contribution < 1.29 is 33.3 Å². The van der Waals surface area contributed by atoms with Crippen LogP contribution in [0, 0.1) is 7.14 Å². The second-order valence-electron chi connectivity index (χ2n) is 10.4. The summed E-state index contributed by atoms with van der Waals surface area (Å²) >= 11 is 5.73. The van der Waals surface area contributed by atoms with Crippen LogP contribution in [0.25, 0.3) is 6.08 Å². The Morgan fingerprint density at radius 3 is 2.38 bits per heavy atom. The first-order chi connectivity index (χ1) is 23.1. The zero-order valence-corrected chi connectivity index (χ0v) is 31.7. The molecular weight excluding hydrogens is 862 g/mol. The molecule has 0 N–H and O–H groups in total. The highest BCUT2D eigenvalue weighted by Crippen LogP contribution is 2.36. The van der Waals surface area contributed by atoms with Crippen molar-refractivity contribution in [3.05, 3.63) is 115 Å². The Balaban J connectivity index is 1.54. The average Bonchev–Trinajstić information content (AvgIpc) is 3.37. The summed E-state index contributed by atoms with van der Waals surface area (Å²) in [6.45, 7) is 5.86. The molecule has 1 aromatic heterocycles. The molecular formula is C35H32I2N2O8S. The highest BCUT2D eigenvalue weighted by molar-refractivity contribution is 14.1. The topological polar surface area (TPSA) is 115 Å². The molecule has 0 aliphatic carbocycles. The molecule has 0 saturated carbocycles. The second kappa shape index (κ2) is 16.1. The van der Waals surface area contributed by atoms with Crippen LogP contribution in [0.3, 0.4) is 0 Å². The van der Waals surface area contributed by atoms with Gasteiger partial charge in [-0.25, -0.2) is 14.6 Å². The number of hydrogen-bond donors (Lipinski definition) is 0. The van der Waals surface area contributed by atoms with E-state index >= 15 is 0 Å². The maximum Gasteiger partial charge on any atom is 0.343 e. The quantitative estimate of drug-likeness (QED) is 0.135. The fourth-order valence-corrected chi connectivity index (χ4v) is 7.10. The zero-order valence-electron chi connectivity index (χ0n) is 26.6. The number of rotatable bonds is 12. The van der Waals surface area contributed by atoms with E-state index in [1.54, 1.807) is 32.0 Å². The molecule has 1 aliphatic rings. The molecule has 2 heterocycles. The minimum Gasteiger partial charge on any atom is -0.490 e. The Morgan fingerprint density at radius 1 is 0.938 bits per heavy atom. The summed E-state index contributed by atoms with van der Waals surface area (Å²) in [7, 11) is 1.28. The third-order valence-corrected chi connectivity index (χ3v) is 9.78. The lowest BCUT2D eigenvalue weighted by Gasteiger charge is -2.25. The zero-order chi connectivity index (χ0) is 34.4. The molecule has 0 fully saturated rings. The number of carbonyl (C=O) groups excluding carboxylic acids is 2. The summed E-state index contributed by atoms with van der Waals surface area (Å²) < 4.78 is 31.7. The normalized spacial score (nSPS) is 14.2. The van der Waals surface area contributed by atoms with Gasteiger partial charge in [0.05, 0.1) is 45.7 Å². The van der Waals surface area contributed by atoms with Crippen LogP contribution in [-0.2, 0) is 25.7 Å². The molecule has 1 atom stereocenters. The first-order valence-corrected chi connectivity index (χ1v) is 17.9. The molecule has 5 rings (SSSR count). The van der Waals surface area contributed by atoms with Gasteiger partial charge in [-0.15, -0.1) is 0 Å². The molecule has 13 heteroatoms. The Morgan fingerprint density at radius 2 is 1.69 bits per heavy atom. The first kappa shape index (κ1) is 35.6. The van der Waals surface area contributed by atoms with Crippen LogP contribution in [0.15, 0.2) is 81.7 Å². The third kappa shape index (κ3) is 8.11. The molecule has 0 saturated heterocycles. The number of benzene rings is 3. The van der Waals surface area contributed by atoms with E-state index in [1.807, 2.05) is 55.5 Å². The molecule has 1 aliphatic heterocycles. The maximum absolute atomic E-state index is 14.1. The molecule has 250 valence electrons. The number of halogens is 2. The van der Waals surface area contributed by atoms with Crippen molar-refractivity contribution in [2.24, 2.45) is 4.99 Å². The van der Waals surface area contributed by atoms with Gasteiger partial charge in [0, 0.05) is 3.57 Å². The smallest absolute Gasteiger partial charge is 0.343 e. The van der Waals surface area contributed by atoms with Gasteiger partial charge in [0.1, 0.15) is 12.4 Å². The highest BCUT2D eigenvalue weighted by Gasteiger charge is 2.34. The monoisotopic (exact) mass is 894 g/mol. The summed E-state index contributed by atoms with van der Waals surface area (Å²) in [4.78, 5) is 44.3. The number of aromatic nitrogens is 1. The highest BCUT2D eigenvalue weighted by atomic mass is 127. The first-order valence-electron chi connectivity index (χ1n) is 15.0. The molecule has 0 amide bonds. The third-order valence-electron chi connectivity index (χ3n) is 7.23. The summed E-state index contributed by atoms with van der Waals surface area (Å²) in [5.41, 5.74) is 2.84. The minimum atomic E-state index is -0.853. The molecule has 0 radical (unpaired) electrons. The fraction of sp³-hybridized carbons (Fsp3) is 0.257. The van der Waals surface area contributed by atoms with E-state index in [0.717, 1.165) is 24.0 Å². The van der Waals surface area contributed by atoms with Crippen LogP contribution in [0.2, 0.25) is 0 Å². The average molecular weight is 895 g/mol. The van der Waals surface area contributed by atoms with Gasteiger partial charge in [-0.1, -0.05) is 35.6 Å². The van der Waals surface area contributed by atoms with Crippen molar-refractivity contribution >= 4 is 74.5 Å². The number of carbonyl (C=O) groups is 2. The van der Waals surface area contributed by atoms with E-state index in [2.05, 4.69) is 54.9 Å². The predicted octanol–water partition coefficient (Wildman–Crippen LogP) is 5.54. The Hall–Kier alpha value is -3.70. The summed E-state index contributed by atoms with van der Waals surface area (Å²) in [5, 5.41) is 0. The van der Waals surface area contributed by atoms with Crippen LogP contribution in [0.4, 0.5) is 0 Å². The van der Waals surface area contributed by atoms with E-state index in [0.29, 0.717) is 45.3 Å². The van der Waals surface area contributed by atoms with Gasteiger partial charge < -0.3 is 23.7 Å². The molecule has 48 heavy (non-hydrogen) atoms. The minimum absolute atomic E-state index is 0.153. The van der Waals surface area contributed by atoms with E-state index in [-0.39, 0.29) is 24.3 Å². The van der Waals surface area contributed by atoms with Crippen molar-refractivity contribution in [3.8, 4) is 17.2 Å². The van der Waals surface area contributed by atoms with Crippen molar-refractivity contribution in [2.75, 3.05) is 26.9 Å². The van der Waals surface area contributed by atoms with Crippen LogP contribution in [0.1, 0.15) is 43.5 Å². The molecule has 0 unspecified atom stereocenters. The molecule has 0 spiro atoms. The standard InChI is InChI=1S/C35H32I2N2O8S/c1-5-44-28-17-23(10-14-27(28)47-19-30(40)43-4)32-31(34(42)45-6-2)20(3)38-35-39(32)33(41)29(48-35)16-22-9-13-26(25(37)15-22)46-18-21-7-11-24(36)12-8-21/h7-17,32H,5-6,18-19H2,1-4H3/b29-16-/t32-/m0/s1. The fourth-order valence-electron chi connectivity index (χ4n) is 5.00. The van der Waals surface area contributed by atoms with Gasteiger partial charge in [0.15, 0.2) is 22.9 Å². The van der Waals surface area contributed by atoms with E-state index in [9.17, 15) is 14.4 Å². The van der Waals surface area contributed by atoms with Crippen molar-refractivity contribution in [1.29, 1.82) is 0 Å². The number of hydrogen-bond acceptors (Lipinski definition) is 10. The SMILES string of the molecule is CCOC(=O)C1=C(C)N=c2s/c(=C\c3ccc(OCc4ccc(I)cc4)c(I)c3)c(=O)n2[C@H]1c1ccc(OCC(=O)OC)c(OCC)c1. The summed E-state index contributed by atoms with van der Waals surface area (Å²) in [6.07, 6.45) is 1.81. The lowest BCUT2D eigenvalue weighted by atomic mass is 9.95. The number of fused-ring (bicyclic) bond motifs is 1. The molecule has 3 aromatic carbocycles. The summed E-state index contributed by atoms with van der Waals surface area (Å²) in [5.74, 6) is 0.287. The number of allylic oxidation sites excluding steroid dienone is 1.